The van der Waals surface area contributed by atoms with E-state index >= 15 is 0 Å². The average molecular weight is 160 g/mol. The molecule has 5 unspecified atom stereocenters. The van der Waals surface area contributed by atoms with Gasteiger partial charge >= 0.3 is 0 Å². The van der Waals surface area contributed by atoms with E-state index in [1.165, 1.54) is 0 Å². The van der Waals surface area contributed by atoms with Gasteiger partial charge in [-0.05, 0) is 0 Å². The molecule has 5 atom stereocenters. The molecule has 0 saturated carbocycles. The van der Waals surface area contributed by atoms with Crippen molar-refractivity contribution in [1.29, 1.82) is 0 Å². The summed E-state index contributed by atoms with van der Waals surface area (Å²) in [5.41, 5.74) is 0. The Morgan fingerprint density at radius 2 is 2.09 bits per heavy atom. The molecule has 0 aromatic rings. The molecular weight excluding hydrogens is 148 g/mol. The minimum Gasteiger partial charge on any atom is -0.394 e. The fraction of sp³-hybridized carbons (Fsp3) is 1.00. The van der Waals surface area contributed by atoms with Gasteiger partial charge in [0.1, 0.15) is 12.2 Å². The molecule has 2 N–H and O–H groups in total. The van der Waals surface area contributed by atoms with E-state index < -0.39 is 12.2 Å². The average Bonchev–Trinajstić information content (AvgIpc) is 2.75. The van der Waals surface area contributed by atoms with Gasteiger partial charge < -0.3 is 19.7 Å². The smallest absolute Gasteiger partial charge is 0.185 e. The second-order valence-electron chi connectivity index (χ2n) is 3.18. The molecule has 0 aliphatic carbocycles. The van der Waals surface area contributed by atoms with E-state index in [-0.39, 0.29) is 24.9 Å². The largest absolute Gasteiger partial charge is 0.394 e. The van der Waals surface area contributed by atoms with Crippen LogP contribution in [0.5, 0.6) is 0 Å². The first-order chi connectivity index (χ1) is 5.24. The van der Waals surface area contributed by atoms with Crippen LogP contribution in [-0.4, -0.2) is 41.4 Å². The summed E-state index contributed by atoms with van der Waals surface area (Å²) in [6.45, 7) is 1.76. The van der Waals surface area contributed by atoms with Crippen LogP contribution in [-0.2, 0) is 9.47 Å². The molecule has 2 aliphatic heterocycles. The summed E-state index contributed by atoms with van der Waals surface area (Å²) in [5.74, 6) is 0.0749. The minimum absolute atomic E-state index is 0.0489. The first-order valence-electron chi connectivity index (χ1n) is 3.84. The van der Waals surface area contributed by atoms with Gasteiger partial charge in [-0.2, -0.15) is 0 Å². The van der Waals surface area contributed by atoms with E-state index in [1.54, 1.807) is 0 Å². The lowest BCUT2D eigenvalue weighted by Gasteiger charge is -2.28. The van der Waals surface area contributed by atoms with E-state index in [0.29, 0.717) is 0 Å². The van der Waals surface area contributed by atoms with Gasteiger partial charge in [-0.3, -0.25) is 0 Å². The minimum atomic E-state index is -0.594. The maximum absolute atomic E-state index is 9.47. The van der Waals surface area contributed by atoms with Crippen LogP contribution in [0, 0.1) is 5.92 Å². The van der Waals surface area contributed by atoms with Crippen molar-refractivity contribution in [3.05, 3.63) is 0 Å². The molecular formula is C7H12O4. The van der Waals surface area contributed by atoms with Crippen molar-refractivity contribution in [3.8, 4) is 0 Å². The fourth-order valence-corrected chi connectivity index (χ4v) is 1.53. The topological polar surface area (TPSA) is 62.2 Å². The SMILES string of the molecule is CC1C(O)C(CO)OC2OC21. The Balaban J connectivity index is 2.03. The van der Waals surface area contributed by atoms with Gasteiger partial charge in [-0.15, -0.1) is 0 Å². The lowest BCUT2D eigenvalue weighted by molar-refractivity contribution is -0.122. The van der Waals surface area contributed by atoms with Crippen LogP contribution in [0.15, 0.2) is 0 Å². The molecule has 0 aromatic carbocycles. The van der Waals surface area contributed by atoms with Crippen LogP contribution in [0.1, 0.15) is 6.92 Å². The van der Waals surface area contributed by atoms with Crippen molar-refractivity contribution < 1.29 is 19.7 Å². The number of epoxide rings is 1. The Morgan fingerprint density at radius 1 is 1.36 bits per heavy atom. The van der Waals surface area contributed by atoms with Gasteiger partial charge in [0, 0.05) is 5.92 Å². The lowest BCUT2D eigenvalue weighted by Crippen LogP contribution is -2.44. The molecule has 0 aromatic heterocycles. The summed E-state index contributed by atoms with van der Waals surface area (Å²) in [7, 11) is 0. The van der Waals surface area contributed by atoms with E-state index in [2.05, 4.69) is 0 Å². The number of aliphatic hydroxyl groups excluding tert-OH is 2. The van der Waals surface area contributed by atoms with Crippen LogP contribution in [0.4, 0.5) is 0 Å². The van der Waals surface area contributed by atoms with Gasteiger partial charge in [-0.25, -0.2) is 0 Å². The lowest BCUT2D eigenvalue weighted by atomic mass is 9.94. The highest BCUT2D eigenvalue weighted by Crippen LogP contribution is 2.39. The Morgan fingerprint density at radius 3 is 2.73 bits per heavy atom. The quantitative estimate of drug-likeness (QED) is 0.488. The van der Waals surface area contributed by atoms with Crippen LogP contribution in [0.2, 0.25) is 0 Å². The molecule has 0 spiro atoms. The third-order valence-electron chi connectivity index (χ3n) is 2.41. The summed E-state index contributed by atoms with van der Waals surface area (Å²) in [6, 6.07) is 0. The predicted molar refractivity (Wildman–Crippen MR) is 35.8 cm³/mol. The second kappa shape index (κ2) is 2.42. The molecule has 4 heteroatoms. The van der Waals surface area contributed by atoms with E-state index in [1.807, 2.05) is 6.92 Å². The Hall–Kier alpha value is -0.160. The highest BCUT2D eigenvalue weighted by molar-refractivity contribution is 4.94. The molecule has 0 bridgehead atoms. The highest BCUT2D eigenvalue weighted by Gasteiger charge is 2.54. The van der Waals surface area contributed by atoms with Crippen molar-refractivity contribution >= 4 is 0 Å². The molecule has 2 heterocycles. The van der Waals surface area contributed by atoms with Crippen molar-refractivity contribution in [2.75, 3.05) is 6.61 Å². The summed E-state index contributed by atoms with van der Waals surface area (Å²) in [4.78, 5) is 0. The molecule has 2 fully saturated rings. The third-order valence-corrected chi connectivity index (χ3v) is 2.41. The van der Waals surface area contributed by atoms with E-state index in [0.717, 1.165) is 0 Å². The van der Waals surface area contributed by atoms with Gasteiger partial charge in [0.25, 0.3) is 0 Å². The van der Waals surface area contributed by atoms with Crippen LogP contribution in [0.25, 0.3) is 0 Å². The van der Waals surface area contributed by atoms with E-state index in [4.69, 9.17) is 14.6 Å². The summed E-state index contributed by atoms with van der Waals surface area (Å²) < 4.78 is 10.3. The van der Waals surface area contributed by atoms with Crippen LogP contribution in [0.3, 0.4) is 0 Å². The van der Waals surface area contributed by atoms with Crippen LogP contribution >= 0.6 is 0 Å². The molecule has 64 valence electrons. The number of hydrogen-bond acceptors (Lipinski definition) is 4. The zero-order valence-electron chi connectivity index (χ0n) is 6.30. The second-order valence-corrected chi connectivity index (χ2v) is 3.18. The standard InChI is InChI=1S/C7H12O4/c1-3-5(9)4(2-8)10-7-6(3)11-7/h3-9H,2H2,1H3. The Labute approximate surface area is 64.7 Å². The van der Waals surface area contributed by atoms with Crippen LogP contribution < -0.4 is 0 Å². The highest BCUT2D eigenvalue weighted by atomic mass is 16.8. The molecule has 2 saturated heterocycles. The van der Waals surface area contributed by atoms with Gasteiger partial charge in [0.15, 0.2) is 6.29 Å². The zero-order valence-corrected chi connectivity index (χ0v) is 6.30. The summed E-state index contributed by atoms with van der Waals surface area (Å²) >= 11 is 0. The maximum Gasteiger partial charge on any atom is 0.185 e. The number of ether oxygens (including phenoxy) is 2. The molecule has 4 nitrogen and oxygen atoms in total. The maximum atomic E-state index is 9.47. The number of fused-ring (bicyclic) bond motifs is 1. The van der Waals surface area contributed by atoms with Gasteiger partial charge in [-0.1, -0.05) is 6.92 Å². The molecule has 0 amide bonds. The van der Waals surface area contributed by atoms with Crippen molar-refractivity contribution in [2.24, 2.45) is 5.92 Å². The first kappa shape index (κ1) is 7.49. The van der Waals surface area contributed by atoms with E-state index in [9.17, 15) is 5.11 Å². The normalized spacial score (nSPS) is 55.4. The van der Waals surface area contributed by atoms with Gasteiger partial charge in [0.05, 0.1) is 12.7 Å². The van der Waals surface area contributed by atoms with Gasteiger partial charge in [0.2, 0.25) is 0 Å². The van der Waals surface area contributed by atoms with Crippen molar-refractivity contribution in [2.45, 2.75) is 31.5 Å². The summed E-state index contributed by atoms with van der Waals surface area (Å²) in [5, 5.41) is 18.2. The number of rotatable bonds is 1. The summed E-state index contributed by atoms with van der Waals surface area (Å²) in [6.07, 6.45) is -1.18. The molecule has 2 rings (SSSR count). The zero-order chi connectivity index (χ0) is 8.01. The number of hydrogen-bond donors (Lipinski definition) is 2. The third kappa shape index (κ3) is 1.06. The molecule has 2 aliphatic rings. The monoisotopic (exact) mass is 160 g/mol. The Bertz CT molecular complexity index is 161. The van der Waals surface area contributed by atoms with Crippen molar-refractivity contribution in [3.63, 3.8) is 0 Å². The van der Waals surface area contributed by atoms with Crippen molar-refractivity contribution in [1.82, 2.24) is 0 Å². The molecule has 0 radical (unpaired) electrons. The predicted octanol–water partition coefficient (Wildman–Crippen LogP) is -0.901. The fourth-order valence-electron chi connectivity index (χ4n) is 1.53. The molecule has 11 heavy (non-hydrogen) atoms. The number of aliphatic hydroxyl groups is 2. The first-order valence-corrected chi connectivity index (χ1v) is 3.84. The Kier molecular flexibility index (Phi) is 1.64.